The maximum Gasteiger partial charge on any atom is 0.313 e. The third-order valence-corrected chi connectivity index (χ3v) is 2.66. The summed E-state index contributed by atoms with van der Waals surface area (Å²) in [6.07, 6.45) is 0.305. The van der Waals surface area contributed by atoms with Gasteiger partial charge >= 0.3 is 5.97 Å². The second-order valence-electron chi connectivity index (χ2n) is 4.98. The monoisotopic (exact) mass is 248 g/mol. The molecule has 0 fully saturated rings. The van der Waals surface area contributed by atoms with Crippen LogP contribution in [0.3, 0.4) is 0 Å². The molecule has 0 saturated carbocycles. The van der Waals surface area contributed by atoms with E-state index in [1.54, 1.807) is 26.0 Å². The minimum atomic E-state index is -0.278. The summed E-state index contributed by atoms with van der Waals surface area (Å²) < 4.78 is 5.30. The van der Waals surface area contributed by atoms with Crippen molar-refractivity contribution in [2.75, 3.05) is 0 Å². The van der Waals surface area contributed by atoms with E-state index in [-0.39, 0.29) is 23.6 Å². The van der Waals surface area contributed by atoms with Gasteiger partial charge in [-0.1, -0.05) is 45.9 Å². The zero-order chi connectivity index (χ0) is 13.7. The molecule has 0 unspecified atom stereocenters. The number of carbonyl (C=O) groups is 2. The molecule has 1 rings (SSSR count). The van der Waals surface area contributed by atoms with E-state index in [1.165, 1.54) is 0 Å². The quantitative estimate of drug-likeness (QED) is 0.594. The smallest absolute Gasteiger partial charge is 0.313 e. The lowest BCUT2D eigenvalue weighted by molar-refractivity contribution is -0.137. The van der Waals surface area contributed by atoms with Crippen LogP contribution in [0.15, 0.2) is 24.3 Å². The van der Waals surface area contributed by atoms with Gasteiger partial charge in [0, 0.05) is 17.9 Å². The summed E-state index contributed by atoms with van der Waals surface area (Å²) in [5, 5.41) is 0. The molecular formula is C15H20O3. The summed E-state index contributed by atoms with van der Waals surface area (Å²) in [6.45, 7) is 7.30. The fraction of sp³-hybridized carbons (Fsp3) is 0.467. The Morgan fingerprint density at radius 2 is 1.67 bits per heavy atom. The molecule has 0 radical (unpaired) electrons. The molecule has 0 aliphatic rings. The number of hydrogen-bond donors (Lipinski definition) is 0. The van der Waals surface area contributed by atoms with Gasteiger partial charge in [0.05, 0.1) is 5.92 Å². The highest BCUT2D eigenvalue weighted by Gasteiger charge is 2.15. The first-order chi connectivity index (χ1) is 8.41. The van der Waals surface area contributed by atoms with Crippen LogP contribution in [-0.4, -0.2) is 11.8 Å². The molecule has 3 heteroatoms. The van der Waals surface area contributed by atoms with Crippen molar-refractivity contribution in [1.29, 1.82) is 0 Å². The molecule has 0 saturated heterocycles. The number of rotatable bonds is 5. The molecule has 0 N–H and O–H groups in total. The molecule has 1 aromatic carbocycles. The highest BCUT2D eigenvalue weighted by molar-refractivity contribution is 5.83. The number of ether oxygens (including phenoxy) is 1. The van der Waals surface area contributed by atoms with Gasteiger partial charge in [0.15, 0.2) is 0 Å². The number of esters is 1. The molecule has 0 amide bonds. The van der Waals surface area contributed by atoms with Gasteiger partial charge in [-0.15, -0.1) is 0 Å². The molecule has 0 bridgehead atoms. The molecule has 0 spiro atoms. The average Bonchev–Trinajstić information content (AvgIpc) is 2.31. The number of benzene rings is 1. The maximum absolute atomic E-state index is 11.7. The number of carbonyl (C=O) groups excluding carboxylic acids is 2. The first kappa shape index (κ1) is 14.4. The Balaban J connectivity index is 2.86. The number of hydrogen-bond acceptors (Lipinski definition) is 3. The summed E-state index contributed by atoms with van der Waals surface area (Å²) in [4.78, 5) is 23.3. The van der Waals surface area contributed by atoms with Crippen LogP contribution in [0.5, 0.6) is 5.75 Å². The van der Waals surface area contributed by atoms with Gasteiger partial charge in [-0.25, -0.2) is 0 Å². The van der Waals surface area contributed by atoms with Gasteiger partial charge in [-0.05, 0) is 6.07 Å². The predicted molar refractivity (Wildman–Crippen MR) is 70.5 cm³/mol. The fourth-order valence-electron chi connectivity index (χ4n) is 1.37. The van der Waals surface area contributed by atoms with Crippen molar-refractivity contribution in [2.24, 2.45) is 11.8 Å². The Labute approximate surface area is 108 Å². The van der Waals surface area contributed by atoms with Crippen LogP contribution in [0.4, 0.5) is 0 Å². The van der Waals surface area contributed by atoms with Crippen LogP contribution < -0.4 is 4.74 Å². The predicted octanol–water partition coefficient (Wildman–Crippen LogP) is 3.02. The van der Waals surface area contributed by atoms with E-state index in [1.807, 2.05) is 26.0 Å². The Morgan fingerprint density at radius 1 is 1.06 bits per heavy atom. The maximum atomic E-state index is 11.7. The van der Waals surface area contributed by atoms with Gasteiger partial charge in [0.2, 0.25) is 0 Å². The van der Waals surface area contributed by atoms with E-state index in [9.17, 15) is 9.59 Å². The van der Waals surface area contributed by atoms with Gasteiger partial charge < -0.3 is 4.74 Å². The third kappa shape index (κ3) is 3.99. The second kappa shape index (κ2) is 6.34. The highest BCUT2D eigenvalue weighted by Crippen LogP contribution is 2.21. The van der Waals surface area contributed by atoms with Crippen molar-refractivity contribution in [3.8, 4) is 5.75 Å². The summed E-state index contributed by atoms with van der Waals surface area (Å²) in [5.41, 5.74) is 0.769. The standard InChI is InChI=1S/C15H20O3/c1-10(2)13(16)9-12-7-5-6-8-14(12)18-15(17)11(3)4/h5-8,10-11H,9H2,1-4H3. The minimum absolute atomic E-state index is 0.0149. The van der Waals surface area contributed by atoms with Crippen LogP contribution in [0.1, 0.15) is 33.3 Å². The molecule has 1 aromatic rings. The average molecular weight is 248 g/mol. The Morgan fingerprint density at radius 3 is 2.22 bits per heavy atom. The normalized spacial score (nSPS) is 10.8. The molecule has 0 heterocycles. The Kier molecular flexibility index (Phi) is 5.08. The molecule has 0 atom stereocenters. The minimum Gasteiger partial charge on any atom is -0.426 e. The molecule has 0 aliphatic carbocycles. The van der Waals surface area contributed by atoms with Crippen LogP contribution in [-0.2, 0) is 16.0 Å². The largest absolute Gasteiger partial charge is 0.426 e. The summed E-state index contributed by atoms with van der Waals surface area (Å²) in [6, 6.07) is 7.19. The van der Waals surface area contributed by atoms with E-state index in [0.717, 1.165) is 5.56 Å². The lowest BCUT2D eigenvalue weighted by atomic mass is 10.0. The van der Waals surface area contributed by atoms with Gasteiger partial charge in [-0.3, -0.25) is 9.59 Å². The van der Waals surface area contributed by atoms with Crippen molar-refractivity contribution in [2.45, 2.75) is 34.1 Å². The number of Topliss-reactive ketones (excluding diaryl/α,β-unsaturated/α-hetero) is 1. The SMILES string of the molecule is CC(C)C(=O)Cc1ccccc1OC(=O)C(C)C. The zero-order valence-corrected chi connectivity index (χ0v) is 11.4. The fourth-order valence-corrected chi connectivity index (χ4v) is 1.37. The van der Waals surface area contributed by atoms with Gasteiger partial charge in [0.1, 0.15) is 11.5 Å². The van der Waals surface area contributed by atoms with E-state index in [2.05, 4.69) is 0 Å². The van der Waals surface area contributed by atoms with Gasteiger partial charge in [0.25, 0.3) is 0 Å². The number of para-hydroxylation sites is 1. The highest BCUT2D eigenvalue weighted by atomic mass is 16.5. The molecule has 0 aromatic heterocycles. The zero-order valence-electron chi connectivity index (χ0n) is 11.4. The van der Waals surface area contributed by atoms with Crippen LogP contribution in [0.25, 0.3) is 0 Å². The van der Waals surface area contributed by atoms with Gasteiger partial charge in [-0.2, -0.15) is 0 Å². The van der Waals surface area contributed by atoms with E-state index < -0.39 is 0 Å². The Bertz CT molecular complexity index is 392. The van der Waals surface area contributed by atoms with Crippen molar-refractivity contribution < 1.29 is 14.3 Å². The number of ketones is 1. The van der Waals surface area contributed by atoms with Crippen molar-refractivity contribution in [1.82, 2.24) is 0 Å². The van der Waals surface area contributed by atoms with E-state index in [4.69, 9.17) is 4.74 Å². The molecular weight excluding hydrogens is 228 g/mol. The lowest BCUT2D eigenvalue weighted by Gasteiger charge is -2.11. The lowest BCUT2D eigenvalue weighted by Crippen LogP contribution is -2.17. The molecule has 0 aliphatic heterocycles. The van der Waals surface area contributed by atoms with Crippen molar-refractivity contribution >= 4 is 11.8 Å². The van der Waals surface area contributed by atoms with Crippen molar-refractivity contribution in [3.63, 3.8) is 0 Å². The molecule has 18 heavy (non-hydrogen) atoms. The third-order valence-electron chi connectivity index (χ3n) is 2.66. The van der Waals surface area contributed by atoms with Crippen LogP contribution in [0.2, 0.25) is 0 Å². The van der Waals surface area contributed by atoms with Crippen LogP contribution in [0, 0.1) is 11.8 Å². The Hall–Kier alpha value is -1.64. The topological polar surface area (TPSA) is 43.4 Å². The first-order valence-corrected chi connectivity index (χ1v) is 6.24. The second-order valence-corrected chi connectivity index (χ2v) is 4.98. The summed E-state index contributed by atoms with van der Waals surface area (Å²) >= 11 is 0. The molecule has 3 nitrogen and oxygen atoms in total. The van der Waals surface area contributed by atoms with Crippen LogP contribution >= 0.6 is 0 Å². The molecule has 98 valence electrons. The first-order valence-electron chi connectivity index (χ1n) is 6.24. The summed E-state index contributed by atoms with van der Waals surface area (Å²) in [7, 11) is 0. The van der Waals surface area contributed by atoms with E-state index >= 15 is 0 Å². The summed E-state index contributed by atoms with van der Waals surface area (Å²) in [5.74, 6) is 0.158. The van der Waals surface area contributed by atoms with Crippen molar-refractivity contribution in [3.05, 3.63) is 29.8 Å². The van der Waals surface area contributed by atoms with E-state index in [0.29, 0.717) is 12.2 Å².